The number of hydrogen-bond acceptors (Lipinski definition) is 5. The van der Waals surface area contributed by atoms with E-state index in [1.54, 1.807) is 18.7 Å². The first kappa shape index (κ1) is 19.8. The van der Waals surface area contributed by atoms with Crippen molar-refractivity contribution in [1.82, 2.24) is 4.90 Å². The highest BCUT2D eigenvalue weighted by molar-refractivity contribution is 7.91. The zero-order chi connectivity index (χ0) is 21.0. The summed E-state index contributed by atoms with van der Waals surface area (Å²) in [6, 6.07) is 8.68. The summed E-state index contributed by atoms with van der Waals surface area (Å²) in [5, 5.41) is 10.9. The van der Waals surface area contributed by atoms with Crippen molar-refractivity contribution in [2.24, 2.45) is 0 Å². The maximum Gasteiger partial charge on any atom is 0.223 e. The van der Waals surface area contributed by atoms with Crippen LogP contribution in [-0.4, -0.2) is 42.6 Å². The summed E-state index contributed by atoms with van der Waals surface area (Å²) in [6.07, 6.45) is 0.00216. The first-order chi connectivity index (χ1) is 13.6. The Labute approximate surface area is 168 Å². The largest absolute Gasteiger partial charge is 0.485 e. The summed E-state index contributed by atoms with van der Waals surface area (Å²) in [5.74, 6) is -0.536. The summed E-state index contributed by atoms with van der Waals surface area (Å²) < 4.78 is 46.1. The maximum absolute atomic E-state index is 14.2. The van der Waals surface area contributed by atoms with Crippen LogP contribution in [0, 0.1) is 5.82 Å². The molecule has 2 unspecified atom stereocenters. The molecule has 0 aromatic heterocycles. The molecule has 2 heterocycles. The van der Waals surface area contributed by atoms with Gasteiger partial charge in [-0.3, -0.25) is 4.79 Å². The molecule has 1 fully saturated rings. The molecule has 2 aromatic rings. The van der Waals surface area contributed by atoms with Crippen LogP contribution in [-0.2, 0) is 14.6 Å². The second-order valence-electron chi connectivity index (χ2n) is 7.92. The van der Waals surface area contributed by atoms with E-state index in [0.717, 1.165) is 6.07 Å². The van der Waals surface area contributed by atoms with Gasteiger partial charge >= 0.3 is 0 Å². The zero-order valence-corrected chi connectivity index (χ0v) is 16.9. The first-order valence-electron chi connectivity index (χ1n) is 9.43. The number of amides is 1. The molecule has 0 radical (unpaired) electrons. The quantitative estimate of drug-likeness (QED) is 0.827. The smallest absolute Gasteiger partial charge is 0.223 e. The van der Waals surface area contributed by atoms with Crippen molar-refractivity contribution in [2.75, 3.05) is 6.54 Å². The van der Waals surface area contributed by atoms with Crippen molar-refractivity contribution in [2.45, 2.75) is 54.2 Å². The van der Waals surface area contributed by atoms with Gasteiger partial charge in [0.2, 0.25) is 15.7 Å². The average molecular weight is 419 g/mol. The number of hydrogen-bond donors (Lipinski definition) is 1. The lowest BCUT2D eigenvalue weighted by Crippen LogP contribution is -2.53. The third kappa shape index (κ3) is 3.20. The van der Waals surface area contributed by atoms with Crippen LogP contribution in [0.25, 0.3) is 0 Å². The molecule has 0 spiro atoms. The molecule has 8 heteroatoms. The van der Waals surface area contributed by atoms with Crippen LogP contribution in [0.15, 0.2) is 52.3 Å². The minimum atomic E-state index is -4.13. The Bertz CT molecular complexity index is 1080. The highest BCUT2D eigenvalue weighted by Gasteiger charge is 2.47. The predicted molar refractivity (Wildman–Crippen MR) is 103 cm³/mol. The van der Waals surface area contributed by atoms with Gasteiger partial charge in [0.05, 0.1) is 10.9 Å². The predicted octanol–water partition coefficient (Wildman–Crippen LogP) is 2.85. The fraction of sp³-hybridized carbons (Fsp3) is 0.381. The lowest BCUT2D eigenvalue weighted by Gasteiger charge is -2.45. The molecule has 2 aliphatic rings. The minimum Gasteiger partial charge on any atom is -0.485 e. The normalized spacial score (nSPS) is 23.6. The number of benzene rings is 2. The van der Waals surface area contributed by atoms with E-state index in [-0.39, 0.29) is 10.8 Å². The van der Waals surface area contributed by atoms with Gasteiger partial charge in [0.15, 0.2) is 0 Å². The number of fused-ring (bicyclic) bond motifs is 1. The van der Waals surface area contributed by atoms with Crippen LogP contribution in [0.5, 0.6) is 5.75 Å². The van der Waals surface area contributed by atoms with Crippen LogP contribution in [0.2, 0.25) is 0 Å². The number of likely N-dealkylation sites (tertiary alicyclic amines) is 1. The number of carbonyl (C=O) groups excluding carboxylic acids is 1. The third-order valence-corrected chi connectivity index (χ3v) is 7.35. The van der Waals surface area contributed by atoms with Crippen molar-refractivity contribution in [1.29, 1.82) is 0 Å². The van der Waals surface area contributed by atoms with E-state index < -0.39 is 38.3 Å². The molecular formula is C21H22FNO5S. The Hall–Kier alpha value is -2.45. The van der Waals surface area contributed by atoms with Crippen molar-refractivity contribution in [3.05, 3.63) is 53.8 Å². The van der Waals surface area contributed by atoms with Gasteiger partial charge in [-0.25, -0.2) is 12.8 Å². The number of carbonyl (C=O) groups is 1. The lowest BCUT2D eigenvalue weighted by molar-refractivity contribution is -0.139. The first-order valence-corrected chi connectivity index (χ1v) is 10.9. The summed E-state index contributed by atoms with van der Waals surface area (Å²) >= 11 is 0. The van der Waals surface area contributed by atoms with Gasteiger partial charge in [0, 0.05) is 18.5 Å². The molecule has 2 aliphatic heterocycles. The number of ether oxygens (including phenoxy) is 1. The molecule has 2 aromatic carbocycles. The van der Waals surface area contributed by atoms with Gasteiger partial charge in [0.1, 0.15) is 28.2 Å². The lowest BCUT2D eigenvalue weighted by atomic mass is 9.85. The number of sulfone groups is 1. The van der Waals surface area contributed by atoms with Gasteiger partial charge in [-0.2, -0.15) is 0 Å². The number of halogens is 1. The van der Waals surface area contributed by atoms with Crippen LogP contribution in [0.4, 0.5) is 4.39 Å². The topological polar surface area (TPSA) is 83.9 Å². The van der Waals surface area contributed by atoms with E-state index in [1.807, 2.05) is 0 Å². The number of nitrogens with zero attached hydrogens (tertiary/aromatic N) is 1. The SMILES string of the molecule is CC1(C)Oc2ccc(S(=O)(=O)c3ccccc3F)cc2C(N2CCCC2=O)C1O. The van der Waals surface area contributed by atoms with Crippen molar-refractivity contribution >= 4 is 15.7 Å². The molecule has 154 valence electrons. The standard InChI is InChI=1S/C21H22FNO5S/c1-21(2)20(25)19(23-11-5-8-18(23)24)14-12-13(9-10-16(14)28-21)29(26,27)17-7-4-3-6-15(17)22/h3-4,6-7,9-10,12,19-20,25H,5,8,11H2,1-2H3. The van der Waals surface area contributed by atoms with Gasteiger partial charge in [0.25, 0.3) is 0 Å². The second kappa shape index (κ2) is 6.81. The van der Waals surface area contributed by atoms with E-state index >= 15 is 0 Å². The Morgan fingerprint density at radius 2 is 1.93 bits per heavy atom. The monoisotopic (exact) mass is 419 g/mol. The number of aliphatic hydroxyl groups excluding tert-OH is 1. The van der Waals surface area contributed by atoms with Crippen LogP contribution < -0.4 is 4.74 Å². The highest BCUT2D eigenvalue weighted by atomic mass is 32.2. The number of rotatable bonds is 3. The van der Waals surface area contributed by atoms with E-state index in [9.17, 15) is 22.7 Å². The molecule has 2 atom stereocenters. The Morgan fingerprint density at radius 1 is 1.21 bits per heavy atom. The third-order valence-electron chi connectivity index (χ3n) is 5.57. The molecule has 29 heavy (non-hydrogen) atoms. The molecule has 6 nitrogen and oxygen atoms in total. The average Bonchev–Trinajstić information content (AvgIpc) is 3.08. The second-order valence-corrected chi connectivity index (χ2v) is 9.84. The van der Waals surface area contributed by atoms with Crippen molar-refractivity contribution < 1.29 is 27.4 Å². The summed E-state index contributed by atoms with van der Waals surface area (Å²) in [4.78, 5) is 13.4. The van der Waals surface area contributed by atoms with E-state index in [2.05, 4.69) is 0 Å². The Kier molecular flexibility index (Phi) is 4.66. The fourth-order valence-electron chi connectivity index (χ4n) is 4.00. The minimum absolute atomic E-state index is 0.0972. The molecule has 1 amide bonds. The fourth-order valence-corrected chi connectivity index (χ4v) is 5.37. The molecule has 0 saturated carbocycles. The van der Waals surface area contributed by atoms with Gasteiger partial charge in [-0.1, -0.05) is 12.1 Å². The van der Waals surface area contributed by atoms with E-state index in [4.69, 9.17) is 4.74 Å². The summed E-state index contributed by atoms with van der Waals surface area (Å²) in [6.45, 7) is 3.91. The van der Waals surface area contributed by atoms with Gasteiger partial charge < -0.3 is 14.7 Å². The van der Waals surface area contributed by atoms with Crippen LogP contribution >= 0.6 is 0 Å². The Morgan fingerprint density at radius 3 is 2.59 bits per heavy atom. The molecule has 0 aliphatic carbocycles. The highest BCUT2D eigenvalue weighted by Crippen LogP contribution is 2.45. The molecule has 1 N–H and O–H groups in total. The zero-order valence-electron chi connectivity index (χ0n) is 16.1. The van der Waals surface area contributed by atoms with Crippen LogP contribution in [0.1, 0.15) is 38.3 Å². The molecular weight excluding hydrogens is 397 g/mol. The van der Waals surface area contributed by atoms with Crippen molar-refractivity contribution in [3.8, 4) is 5.75 Å². The Balaban J connectivity index is 1.86. The molecule has 4 rings (SSSR count). The van der Waals surface area contributed by atoms with Gasteiger partial charge in [-0.05, 0) is 50.6 Å². The van der Waals surface area contributed by atoms with Crippen LogP contribution in [0.3, 0.4) is 0 Å². The van der Waals surface area contributed by atoms with Gasteiger partial charge in [-0.15, -0.1) is 0 Å². The maximum atomic E-state index is 14.2. The number of aliphatic hydroxyl groups is 1. The molecule has 0 bridgehead atoms. The van der Waals surface area contributed by atoms with E-state index in [0.29, 0.717) is 30.7 Å². The summed E-state index contributed by atoms with van der Waals surface area (Å²) in [5.41, 5.74) is -0.559. The van der Waals surface area contributed by atoms with E-state index in [1.165, 1.54) is 36.4 Å². The van der Waals surface area contributed by atoms with Crippen molar-refractivity contribution in [3.63, 3.8) is 0 Å². The summed E-state index contributed by atoms with van der Waals surface area (Å²) in [7, 11) is -4.13. The molecule has 1 saturated heterocycles.